The highest BCUT2D eigenvalue weighted by Gasteiger charge is 2.00. The Bertz CT molecular complexity index is 390. The van der Waals surface area contributed by atoms with Crippen LogP contribution in [0.5, 0.6) is 0 Å². The van der Waals surface area contributed by atoms with E-state index in [0.717, 1.165) is 12.1 Å². The molecule has 0 aliphatic rings. The Kier molecular flexibility index (Phi) is 2.30. The molecule has 0 radical (unpaired) electrons. The molecule has 2 rings (SSSR count). The molecule has 0 saturated heterocycles. The summed E-state index contributed by atoms with van der Waals surface area (Å²) in [6, 6.07) is 4.22. The number of H-pyrrole nitrogens is 1. The fraction of sp³-hybridized carbons (Fsp3) is 0.364. The first-order chi connectivity index (χ1) is 6.42. The van der Waals surface area contributed by atoms with Gasteiger partial charge in [0.2, 0.25) is 0 Å². The van der Waals surface area contributed by atoms with Crippen LogP contribution < -0.4 is 0 Å². The summed E-state index contributed by atoms with van der Waals surface area (Å²) in [6.45, 7) is 2.22. The summed E-state index contributed by atoms with van der Waals surface area (Å²) in [4.78, 5) is 7.38. The van der Waals surface area contributed by atoms with Crippen molar-refractivity contribution < 1.29 is 0 Å². The van der Waals surface area contributed by atoms with Crippen LogP contribution in [0, 0.1) is 0 Å². The Morgan fingerprint density at radius 2 is 2.31 bits per heavy atom. The average Bonchev–Trinajstić information content (AvgIpc) is 2.62. The third kappa shape index (κ3) is 1.57. The van der Waals surface area contributed by atoms with Crippen molar-refractivity contribution in [2.45, 2.75) is 26.2 Å². The lowest BCUT2D eigenvalue weighted by molar-refractivity contribution is 0.798. The number of nitrogens with one attached hydrogen (secondary N) is 1. The van der Waals surface area contributed by atoms with Crippen molar-refractivity contribution >= 4 is 11.0 Å². The summed E-state index contributed by atoms with van der Waals surface area (Å²) in [6.07, 6.45) is 7.49. The fourth-order valence-corrected chi connectivity index (χ4v) is 1.60. The molecular formula is C11H14N2. The van der Waals surface area contributed by atoms with Gasteiger partial charge < -0.3 is 4.98 Å². The molecule has 0 spiro atoms. The van der Waals surface area contributed by atoms with Crippen molar-refractivity contribution in [3.8, 4) is 0 Å². The molecule has 0 amide bonds. The van der Waals surface area contributed by atoms with Gasteiger partial charge in [0.05, 0.1) is 0 Å². The van der Waals surface area contributed by atoms with E-state index in [4.69, 9.17) is 0 Å². The molecule has 0 unspecified atom stereocenters. The van der Waals surface area contributed by atoms with Gasteiger partial charge in [-0.05, 0) is 30.5 Å². The zero-order chi connectivity index (χ0) is 9.10. The van der Waals surface area contributed by atoms with Crippen LogP contribution in [0.15, 0.2) is 24.5 Å². The maximum Gasteiger partial charge on any atom is 0.137 e. The van der Waals surface area contributed by atoms with Gasteiger partial charge >= 0.3 is 0 Å². The molecule has 0 bridgehead atoms. The SMILES string of the molecule is CCCCc1ccnc2[nH]ccc12. The fourth-order valence-electron chi connectivity index (χ4n) is 1.60. The highest BCUT2D eigenvalue weighted by molar-refractivity contribution is 5.79. The topological polar surface area (TPSA) is 28.7 Å². The molecule has 0 aliphatic carbocycles. The van der Waals surface area contributed by atoms with E-state index in [1.54, 1.807) is 0 Å². The van der Waals surface area contributed by atoms with E-state index in [1.165, 1.54) is 23.8 Å². The number of nitrogens with zero attached hydrogens (tertiary/aromatic N) is 1. The summed E-state index contributed by atoms with van der Waals surface area (Å²) in [5.41, 5.74) is 2.42. The molecule has 2 heteroatoms. The number of pyridine rings is 1. The van der Waals surface area contributed by atoms with E-state index in [9.17, 15) is 0 Å². The molecule has 1 N–H and O–H groups in total. The molecule has 0 aliphatic heterocycles. The third-order valence-corrected chi connectivity index (χ3v) is 2.35. The number of unbranched alkanes of at least 4 members (excludes halogenated alkanes) is 1. The first-order valence-corrected chi connectivity index (χ1v) is 4.83. The molecule has 0 atom stereocenters. The predicted octanol–water partition coefficient (Wildman–Crippen LogP) is 2.91. The smallest absolute Gasteiger partial charge is 0.137 e. The van der Waals surface area contributed by atoms with Crippen LogP contribution in [0.4, 0.5) is 0 Å². The highest BCUT2D eigenvalue weighted by atomic mass is 14.8. The molecular weight excluding hydrogens is 160 g/mol. The summed E-state index contributed by atoms with van der Waals surface area (Å²) >= 11 is 0. The van der Waals surface area contributed by atoms with Gasteiger partial charge in [0.1, 0.15) is 5.65 Å². The van der Waals surface area contributed by atoms with E-state index in [1.807, 2.05) is 12.4 Å². The Hall–Kier alpha value is -1.31. The van der Waals surface area contributed by atoms with Crippen LogP contribution in [0.25, 0.3) is 11.0 Å². The molecule has 68 valence electrons. The van der Waals surface area contributed by atoms with Gasteiger partial charge in [0.15, 0.2) is 0 Å². The zero-order valence-corrected chi connectivity index (χ0v) is 7.88. The van der Waals surface area contributed by atoms with Gasteiger partial charge in [-0.25, -0.2) is 4.98 Å². The summed E-state index contributed by atoms with van der Waals surface area (Å²) in [5, 5.41) is 1.27. The van der Waals surface area contributed by atoms with Crippen LogP contribution in [0.3, 0.4) is 0 Å². The quantitative estimate of drug-likeness (QED) is 0.761. The average molecular weight is 174 g/mol. The minimum Gasteiger partial charge on any atom is -0.346 e. The number of hydrogen-bond acceptors (Lipinski definition) is 1. The third-order valence-electron chi connectivity index (χ3n) is 2.35. The lowest BCUT2D eigenvalue weighted by Crippen LogP contribution is -1.86. The molecule has 0 aromatic carbocycles. The Morgan fingerprint density at radius 3 is 3.15 bits per heavy atom. The minimum absolute atomic E-state index is 1.01. The molecule has 2 aromatic heterocycles. The van der Waals surface area contributed by atoms with Gasteiger partial charge in [-0.3, -0.25) is 0 Å². The van der Waals surface area contributed by atoms with Gasteiger partial charge in [-0.1, -0.05) is 13.3 Å². The van der Waals surface area contributed by atoms with Crippen molar-refractivity contribution in [3.05, 3.63) is 30.1 Å². The molecule has 2 heterocycles. The van der Waals surface area contributed by atoms with Gasteiger partial charge in [-0.2, -0.15) is 0 Å². The summed E-state index contributed by atoms with van der Waals surface area (Å²) in [5.74, 6) is 0. The van der Waals surface area contributed by atoms with E-state index in [2.05, 4.69) is 29.0 Å². The number of aryl methyl sites for hydroxylation is 1. The van der Waals surface area contributed by atoms with Gasteiger partial charge in [0, 0.05) is 17.8 Å². The maximum absolute atomic E-state index is 4.25. The second-order valence-corrected chi connectivity index (χ2v) is 3.31. The lowest BCUT2D eigenvalue weighted by atomic mass is 10.1. The number of hydrogen-bond donors (Lipinski definition) is 1. The van der Waals surface area contributed by atoms with E-state index < -0.39 is 0 Å². The van der Waals surface area contributed by atoms with Crippen LogP contribution in [-0.2, 0) is 6.42 Å². The van der Waals surface area contributed by atoms with Crippen LogP contribution >= 0.6 is 0 Å². The van der Waals surface area contributed by atoms with Crippen molar-refractivity contribution in [2.24, 2.45) is 0 Å². The molecule has 2 aromatic rings. The minimum atomic E-state index is 1.01. The predicted molar refractivity (Wildman–Crippen MR) is 54.7 cm³/mol. The Labute approximate surface area is 78.0 Å². The van der Waals surface area contributed by atoms with Crippen molar-refractivity contribution in [3.63, 3.8) is 0 Å². The standard InChI is InChI=1S/C11H14N2/c1-2-3-4-9-5-7-12-11-10(9)6-8-13-11/h5-8H,2-4H2,1H3,(H,12,13). The highest BCUT2D eigenvalue weighted by Crippen LogP contribution is 2.16. The van der Waals surface area contributed by atoms with E-state index in [0.29, 0.717) is 0 Å². The maximum atomic E-state index is 4.25. The van der Waals surface area contributed by atoms with Crippen molar-refractivity contribution in [1.82, 2.24) is 9.97 Å². The molecule has 0 fully saturated rings. The summed E-state index contributed by atoms with van der Waals surface area (Å²) < 4.78 is 0. The second-order valence-electron chi connectivity index (χ2n) is 3.31. The lowest BCUT2D eigenvalue weighted by Gasteiger charge is -2.00. The largest absolute Gasteiger partial charge is 0.346 e. The normalized spacial score (nSPS) is 10.8. The number of fused-ring (bicyclic) bond motifs is 1. The number of aromatic amines is 1. The van der Waals surface area contributed by atoms with Crippen molar-refractivity contribution in [2.75, 3.05) is 0 Å². The van der Waals surface area contributed by atoms with Crippen LogP contribution in [0.2, 0.25) is 0 Å². The summed E-state index contributed by atoms with van der Waals surface area (Å²) in [7, 11) is 0. The van der Waals surface area contributed by atoms with Crippen LogP contribution in [0.1, 0.15) is 25.3 Å². The monoisotopic (exact) mass is 174 g/mol. The molecule has 13 heavy (non-hydrogen) atoms. The van der Waals surface area contributed by atoms with Gasteiger partial charge in [-0.15, -0.1) is 0 Å². The Morgan fingerprint density at radius 1 is 1.38 bits per heavy atom. The van der Waals surface area contributed by atoms with Gasteiger partial charge in [0.25, 0.3) is 0 Å². The van der Waals surface area contributed by atoms with E-state index in [-0.39, 0.29) is 0 Å². The van der Waals surface area contributed by atoms with Crippen molar-refractivity contribution in [1.29, 1.82) is 0 Å². The first kappa shape index (κ1) is 8.30. The Balaban J connectivity index is 2.37. The van der Waals surface area contributed by atoms with E-state index >= 15 is 0 Å². The molecule has 0 saturated carbocycles. The number of aromatic nitrogens is 2. The second kappa shape index (κ2) is 3.60. The number of rotatable bonds is 3. The molecule has 2 nitrogen and oxygen atoms in total. The zero-order valence-electron chi connectivity index (χ0n) is 7.88. The van der Waals surface area contributed by atoms with Crippen LogP contribution in [-0.4, -0.2) is 9.97 Å². The first-order valence-electron chi connectivity index (χ1n) is 4.83.